The fourth-order valence-electron chi connectivity index (χ4n) is 2.45. The van der Waals surface area contributed by atoms with E-state index in [9.17, 15) is 4.79 Å². The van der Waals surface area contributed by atoms with Gasteiger partial charge in [-0.05, 0) is 18.3 Å². The molecule has 2 N–H and O–H groups in total. The Hall–Kier alpha value is -0.570. The lowest BCUT2D eigenvalue weighted by molar-refractivity contribution is -0.131. The monoisotopic (exact) mass is 182 g/mol. The maximum Gasteiger partial charge on any atom is 0.226 e. The zero-order chi connectivity index (χ0) is 9.59. The summed E-state index contributed by atoms with van der Waals surface area (Å²) in [6.45, 7) is 5.81. The van der Waals surface area contributed by atoms with Crippen LogP contribution in [0.3, 0.4) is 0 Å². The standard InChI is InChI=1S/C10H18N2O/c1-6(2)5-12-9(4-11)7-3-8(7)10(12)13/h6-9H,3-5,11H2,1-2H3. The van der Waals surface area contributed by atoms with Crippen LogP contribution in [-0.4, -0.2) is 29.9 Å². The number of hydrogen-bond donors (Lipinski definition) is 1. The zero-order valence-electron chi connectivity index (χ0n) is 8.36. The summed E-state index contributed by atoms with van der Waals surface area (Å²) in [6, 6.07) is 0.347. The average Bonchev–Trinajstić information content (AvgIpc) is 2.77. The van der Waals surface area contributed by atoms with Crippen molar-refractivity contribution in [2.45, 2.75) is 26.3 Å². The van der Waals surface area contributed by atoms with E-state index in [1.807, 2.05) is 4.90 Å². The highest BCUT2D eigenvalue weighted by Crippen LogP contribution is 2.50. The Morgan fingerprint density at radius 3 is 2.85 bits per heavy atom. The number of hydrogen-bond acceptors (Lipinski definition) is 2. The zero-order valence-corrected chi connectivity index (χ0v) is 8.36. The smallest absolute Gasteiger partial charge is 0.226 e. The van der Waals surface area contributed by atoms with Crippen LogP contribution in [-0.2, 0) is 4.79 Å². The molecule has 1 aliphatic carbocycles. The van der Waals surface area contributed by atoms with E-state index in [0.29, 0.717) is 36.2 Å². The Labute approximate surface area is 79.3 Å². The summed E-state index contributed by atoms with van der Waals surface area (Å²) in [4.78, 5) is 13.7. The second-order valence-electron chi connectivity index (χ2n) is 4.69. The quantitative estimate of drug-likeness (QED) is 0.688. The molecule has 0 bridgehead atoms. The molecule has 13 heavy (non-hydrogen) atoms. The molecule has 1 aliphatic heterocycles. The highest BCUT2D eigenvalue weighted by molar-refractivity contribution is 5.85. The van der Waals surface area contributed by atoms with Crippen molar-refractivity contribution in [1.82, 2.24) is 4.90 Å². The molecule has 0 radical (unpaired) electrons. The summed E-state index contributed by atoms with van der Waals surface area (Å²) in [5.41, 5.74) is 5.69. The van der Waals surface area contributed by atoms with Gasteiger partial charge in [0.15, 0.2) is 0 Å². The van der Waals surface area contributed by atoms with Crippen molar-refractivity contribution in [2.24, 2.45) is 23.5 Å². The fourth-order valence-corrected chi connectivity index (χ4v) is 2.45. The normalized spacial score (nSPS) is 37.1. The minimum atomic E-state index is 0.340. The van der Waals surface area contributed by atoms with Gasteiger partial charge in [0.2, 0.25) is 5.91 Å². The van der Waals surface area contributed by atoms with E-state index in [0.717, 1.165) is 13.0 Å². The van der Waals surface area contributed by atoms with Gasteiger partial charge in [-0.3, -0.25) is 4.79 Å². The molecule has 3 atom stereocenters. The molecule has 1 heterocycles. The third-order valence-corrected chi connectivity index (χ3v) is 3.14. The molecule has 3 heteroatoms. The molecule has 0 aromatic carbocycles. The Bertz CT molecular complexity index is 227. The van der Waals surface area contributed by atoms with Gasteiger partial charge in [0.05, 0.1) is 0 Å². The Balaban J connectivity index is 2.04. The van der Waals surface area contributed by atoms with Gasteiger partial charge in [0.1, 0.15) is 0 Å². The first-order valence-electron chi connectivity index (χ1n) is 5.15. The van der Waals surface area contributed by atoms with Gasteiger partial charge in [-0.2, -0.15) is 0 Å². The molecular weight excluding hydrogens is 164 g/mol. The van der Waals surface area contributed by atoms with Gasteiger partial charge in [-0.1, -0.05) is 13.8 Å². The maximum absolute atomic E-state index is 11.7. The molecule has 0 spiro atoms. The summed E-state index contributed by atoms with van der Waals surface area (Å²) in [6.07, 6.45) is 1.09. The van der Waals surface area contributed by atoms with Crippen molar-refractivity contribution < 1.29 is 4.79 Å². The molecule has 3 nitrogen and oxygen atoms in total. The van der Waals surface area contributed by atoms with Gasteiger partial charge >= 0.3 is 0 Å². The molecule has 0 aromatic heterocycles. The average molecular weight is 182 g/mol. The van der Waals surface area contributed by atoms with Crippen LogP contribution >= 0.6 is 0 Å². The van der Waals surface area contributed by atoms with E-state index in [4.69, 9.17) is 5.73 Å². The van der Waals surface area contributed by atoms with Crippen LogP contribution in [0, 0.1) is 17.8 Å². The predicted octanol–water partition coefficient (Wildman–Crippen LogP) is 0.448. The highest BCUT2D eigenvalue weighted by atomic mass is 16.2. The molecule has 1 saturated carbocycles. The van der Waals surface area contributed by atoms with E-state index in [1.165, 1.54) is 0 Å². The number of carbonyl (C=O) groups excluding carboxylic acids is 1. The third kappa shape index (κ3) is 1.35. The summed E-state index contributed by atoms with van der Waals surface area (Å²) >= 11 is 0. The SMILES string of the molecule is CC(C)CN1C(=O)C2CC2C1CN. The van der Waals surface area contributed by atoms with Crippen LogP contribution in [0.15, 0.2) is 0 Å². The van der Waals surface area contributed by atoms with Crippen LogP contribution in [0.25, 0.3) is 0 Å². The largest absolute Gasteiger partial charge is 0.338 e. The van der Waals surface area contributed by atoms with Crippen molar-refractivity contribution in [3.8, 4) is 0 Å². The number of likely N-dealkylation sites (tertiary alicyclic amines) is 1. The van der Waals surface area contributed by atoms with Crippen LogP contribution in [0.2, 0.25) is 0 Å². The van der Waals surface area contributed by atoms with Gasteiger partial charge in [0, 0.05) is 25.0 Å². The van der Waals surface area contributed by atoms with Gasteiger partial charge < -0.3 is 10.6 Å². The fraction of sp³-hybridized carbons (Fsp3) is 0.900. The number of amides is 1. The maximum atomic E-state index is 11.7. The second-order valence-corrected chi connectivity index (χ2v) is 4.69. The van der Waals surface area contributed by atoms with Gasteiger partial charge in [0.25, 0.3) is 0 Å². The lowest BCUT2D eigenvalue weighted by atomic mass is 10.1. The summed E-state index contributed by atoms with van der Waals surface area (Å²) in [5.74, 6) is 1.84. The second kappa shape index (κ2) is 2.98. The molecule has 2 aliphatic rings. The number of nitrogens with two attached hydrogens (primary N) is 1. The molecule has 2 rings (SSSR count). The van der Waals surface area contributed by atoms with Crippen LogP contribution < -0.4 is 5.73 Å². The van der Waals surface area contributed by atoms with Crippen molar-refractivity contribution in [2.75, 3.05) is 13.1 Å². The lowest BCUT2D eigenvalue weighted by Crippen LogP contribution is -2.43. The molecule has 0 aromatic rings. The van der Waals surface area contributed by atoms with Crippen molar-refractivity contribution in [3.63, 3.8) is 0 Å². The molecule has 2 fully saturated rings. The van der Waals surface area contributed by atoms with Crippen molar-refractivity contribution in [3.05, 3.63) is 0 Å². The first kappa shape index (κ1) is 9.00. The Kier molecular flexibility index (Phi) is 2.06. The van der Waals surface area contributed by atoms with Crippen molar-refractivity contribution in [1.29, 1.82) is 0 Å². The third-order valence-electron chi connectivity index (χ3n) is 3.14. The topological polar surface area (TPSA) is 46.3 Å². The summed E-state index contributed by atoms with van der Waals surface area (Å²) in [7, 11) is 0. The predicted molar refractivity (Wildman–Crippen MR) is 51.0 cm³/mol. The highest BCUT2D eigenvalue weighted by Gasteiger charge is 2.57. The Morgan fingerprint density at radius 2 is 2.31 bits per heavy atom. The van der Waals surface area contributed by atoms with Crippen LogP contribution in [0.1, 0.15) is 20.3 Å². The minimum Gasteiger partial charge on any atom is -0.338 e. The number of rotatable bonds is 3. The number of carbonyl (C=O) groups is 1. The summed E-state index contributed by atoms with van der Waals surface area (Å²) < 4.78 is 0. The van der Waals surface area contributed by atoms with Crippen LogP contribution in [0.4, 0.5) is 0 Å². The summed E-state index contributed by atoms with van der Waals surface area (Å²) in [5, 5.41) is 0. The lowest BCUT2D eigenvalue weighted by Gasteiger charge is -2.28. The molecule has 3 unspecified atom stereocenters. The molecular formula is C10H18N2O. The number of piperidine rings is 1. The number of fused-ring (bicyclic) bond motifs is 1. The van der Waals surface area contributed by atoms with E-state index in [1.54, 1.807) is 0 Å². The van der Waals surface area contributed by atoms with Crippen LogP contribution in [0.5, 0.6) is 0 Å². The van der Waals surface area contributed by atoms with Gasteiger partial charge in [-0.15, -0.1) is 0 Å². The van der Waals surface area contributed by atoms with E-state index < -0.39 is 0 Å². The molecule has 1 amide bonds. The first-order chi connectivity index (χ1) is 6.15. The van der Waals surface area contributed by atoms with E-state index in [2.05, 4.69) is 13.8 Å². The molecule has 1 saturated heterocycles. The van der Waals surface area contributed by atoms with E-state index in [-0.39, 0.29) is 0 Å². The Morgan fingerprint density at radius 1 is 1.62 bits per heavy atom. The molecule has 74 valence electrons. The first-order valence-corrected chi connectivity index (χ1v) is 5.15. The van der Waals surface area contributed by atoms with E-state index >= 15 is 0 Å². The van der Waals surface area contributed by atoms with Gasteiger partial charge in [-0.25, -0.2) is 0 Å². The number of nitrogens with zero attached hydrogens (tertiary/aromatic N) is 1. The minimum absolute atomic E-state index is 0.340. The van der Waals surface area contributed by atoms with Crippen molar-refractivity contribution >= 4 is 5.91 Å².